The SMILES string of the molecule is CCC[C@@H](N)c1ccc(C(F)F)cc1.Cl. The molecule has 1 aromatic carbocycles. The quantitative estimate of drug-likeness (QED) is 0.843. The molecule has 0 spiro atoms. The second kappa shape index (κ2) is 6.75. The minimum atomic E-state index is -2.40. The average molecular weight is 236 g/mol. The highest BCUT2D eigenvalue weighted by atomic mass is 35.5. The average Bonchev–Trinajstić information content (AvgIpc) is 2.18. The molecule has 1 aromatic rings. The predicted molar refractivity (Wildman–Crippen MR) is 60.5 cm³/mol. The van der Waals surface area contributed by atoms with E-state index in [0.29, 0.717) is 0 Å². The first kappa shape index (κ1) is 14.3. The Morgan fingerprint density at radius 2 is 1.60 bits per heavy atom. The minimum absolute atomic E-state index is 0. The van der Waals surface area contributed by atoms with Gasteiger partial charge in [0, 0.05) is 11.6 Å². The molecule has 86 valence electrons. The van der Waals surface area contributed by atoms with E-state index in [0.717, 1.165) is 18.4 Å². The maximum absolute atomic E-state index is 12.2. The highest BCUT2D eigenvalue weighted by molar-refractivity contribution is 5.85. The van der Waals surface area contributed by atoms with Gasteiger partial charge >= 0.3 is 0 Å². The molecule has 0 aliphatic heterocycles. The molecule has 4 heteroatoms. The molecule has 15 heavy (non-hydrogen) atoms. The molecule has 1 atom stereocenters. The Balaban J connectivity index is 0.00000196. The number of alkyl halides is 2. The molecular weight excluding hydrogens is 220 g/mol. The molecule has 0 aliphatic rings. The number of rotatable bonds is 4. The van der Waals surface area contributed by atoms with Crippen LogP contribution in [-0.2, 0) is 0 Å². The molecule has 0 amide bonds. The number of nitrogens with two attached hydrogens (primary N) is 1. The van der Waals surface area contributed by atoms with E-state index in [1.165, 1.54) is 12.1 Å². The van der Waals surface area contributed by atoms with Gasteiger partial charge in [0.25, 0.3) is 6.43 Å². The van der Waals surface area contributed by atoms with Gasteiger partial charge in [0.2, 0.25) is 0 Å². The topological polar surface area (TPSA) is 26.0 Å². The van der Waals surface area contributed by atoms with Crippen LogP contribution < -0.4 is 5.73 Å². The molecule has 0 radical (unpaired) electrons. The lowest BCUT2D eigenvalue weighted by Gasteiger charge is -2.10. The van der Waals surface area contributed by atoms with Gasteiger partial charge in [0.1, 0.15) is 0 Å². The zero-order valence-electron chi connectivity index (χ0n) is 8.62. The largest absolute Gasteiger partial charge is 0.324 e. The Morgan fingerprint density at radius 1 is 1.13 bits per heavy atom. The van der Waals surface area contributed by atoms with Gasteiger partial charge in [-0.15, -0.1) is 12.4 Å². The van der Waals surface area contributed by atoms with Crippen molar-refractivity contribution in [3.8, 4) is 0 Å². The zero-order chi connectivity index (χ0) is 10.6. The fourth-order valence-corrected chi connectivity index (χ4v) is 1.37. The second-order valence-corrected chi connectivity index (χ2v) is 3.36. The Hall–Kier alpha value is -0.670. The van der Waals surface area contributed by atoms with E-state index in [1.807, 2.05) is 6.92 Å². The van der Waals surface area contributed by atoms with E-state index in [-0.39, 0.29) is 24.0 Å². The molecule has 0 saturated carbocycles. The van der Waals surface area contributed by atoms with Crippen molar-refractivity contribution >= 4 is 12.4 Å². The fourth-order valence-electron chi connectivity index (χ4n) is 1.37. The van der Waals surface area contributed by atoms with E-state index in [1.54, 1.807) is 12.1 Å². The Labute approximate surface area is 95.1 Å². The normalized spacial score (nSPS) is 12.3. The predicted octanol–water partition coefficient (Wildman–Crippen LogP) is 3.85. The first-order chi connectivity index (χ1) is 6.65. The van der Waals surface area contributed by atoms with Gasteiger partial charge in [0.05, 0.1) is 0 Å². The van der Waals surface area contributed by atoms with Gasteiger partial charge in [-0.1, -0.05) is 37.6 Å². The van der Waals surface area contributed by atoms with Crippen LogP contribution in [0, 0.1) is 0 Å². The summed E-state index contributed by atoms with van der Waals surface area (Å²) in [6, 6.07) is 6.21. The molecule has 2 N–H and O–H groups in total. The van der Waals surface area contributed by atoms with Crippen LogP contribution in [-0.4, -0.2) is 0 Å². The maximum atomic E-state index is 12.2. The van der Waals surface area contributed by atoms with Crippen molar-refractivity contribution in [2.24, 2.45) is 5.73 Å². The molecule has 0 aliphatic carbocycles. The van der Waals surface area contributed by atoms with Gasteiger partial charge in [0.15, 0.2) is 0 Å². The standard InChI is InChI=1S/C11H15F2N.ClH/c1-2-3-10(14)8-4-6-9(7-5-8)11(12)13;/h4-7,10-11H,2-3,14H2,1H3;1H/t10-;/m1./s1. The molecule has 0 heterocycles. The van der Waals surface area contributed by atoms with Gasteiger partial charge < -0.3 is 5.73 Å². The van der Waals surface area contributed by atoms with Crippen LogP contribution in [0.1, 0.15) is 43.4 Å². The summed E-state index contributed by atoms with van der Waals surface area (Å²) in [6.07, 6.45) is -0.516. The first-order valence-electron chi connectivity index (χ1n) is 4.78. The zero-order valence-corrected chi connectivity index (χ0v) is 9.44. The molecule has 0 bridgehead atoms. The van der Waals surface area contributed by atoms with Crippen molar-refractivity contribution in [1.29, 1.82) is 0 Å². The minimum Gasteiger partial charge on any atom is -0.324 e. The highest BCUT2D eigenvalue weighted by Crippen LogP contribution is 2.21. The van der Waals surface area contributed by atoms with Crippen LogP contribution in [0.15, 0.2) is 24.3 Å². The third-order valence-corrected chi connectivity index (χ3v) is 2.22. The summed E-state index contributed by atoms with van der Waals surface area (Å²) in [5.74, 6) is 0. The number of hydrogen-bond donors (Lipinski definition) is 1. The third kappa shape index (κ3) is 4.14. The summed E-state index contributed by atoms with van der Waals surface area (Å²) in [4.78, 5) is 0. The summed E-state index contributed by atoms with van der Waals surface area (Å²) in [5, 5.41) is 0. The van der Waals surface area contributed by atoms with E-state index >= 15 is 0 Å². The van der Waals surface area contributed by atoms with Crippen molar-refractivity contribution in [3.63, 3.8) is 0 Å². The number of hydrogen-bond acceptors (Lipinski definition) is 1. The fraction of sp³-hybridized carbons (Fsp3) is 0.455. The molecule has 0 fully saturated rings. The summed E-state index contributed by atoms with van der Waals surface area (Å²) >= 11 is 0. The summed E-state index contributed by atoms with van der Waals surface area (Å²) in [7, 11) is 0. The van der Waals surface area contributed by atoms with Crippen molar-refractivity contribution in [2.45, 2.75) is 32.2 Å². The second-order valence-electron chi connectivity index (χ2n) is 3.36. The van der Waals surface area contributed by atoms with Gasteiger partial charge in [-0.3, -0.25) is 0 Å². The van der Waals surface area contributed by atoms with E-state index < -0.39 is 6.43 Å². The van der Waals surface area contributed by atoms with E-state index in [9.17, 15) is 8.78 Å². The van der Waals surface area contributed by atoms with Gasteiger partial charge in [-0.05, 0) is 12.0 Å². The Bertz CT molecular complexity index is 274. The van der Waals surface area contributed by atoms with Crippen LogP contribution in [0.25, 0.3) is 0 Å². The molecule has 0 aromatic heterocycles. The lowest BCUT2D eigenvalue weighted by molar-refractivity contribution is 0.151. The highest BCUT2D eigenvalue weighted by Gasteiger charge is 2.08. The van der Waals surface area contributed by atoms with Crippen molar-refractivity contribution in [1.82, 2.24) is 0 Å². The third-order valence-electron chi connectivity index (χ3n) is 2.22. The molecule has 0 unspecified atom stereocenters. The van der Waals surface area contributed by atoms with Crippen molar-refractivity contribution in [3.05, 3.63) is 35.4 Å². The Kier molecular flexibility index (Phi) is 6.45. The monoisotopic (exact) mass is 235 g/mol. The van der Waals surface area contributed by atoms with E-state index in [4.69, 9.17) is 5.73 Å². The van der Waals surface area contributed by atoms with Crippen molar-refractivity contribution in [2.75, 3.05) is 0 Å². The van der Waals surface area contributed by atoms with Crippen molar-refractivity contribution < 1.29 is 8.78 Å². The van der Waals surface area contributed by atoms with Gasteiger partial charge in [-0.25, -0.2) is 8.78 Å². The van der Waals surface area contributed by atoms with Crippen LogP contribution in [0.2, 0.25) is 0 Å². The van der Waals surface area contributed by atoms with Crippen LogP contribution in [0.5, 0.6) is 0 Å². The molecule has 1 nitrogen and oxygen atoms in total. The lowest BCUT2D eigenvalue weighted by Crippen LogP contribution is -2.09. The lowest BCUT2D eigenvalue weighted by atomic mass is 10.0. The smallest absolute Gasteiger partial charge is 0.263 e. The van der Waals surface area contributed by atoms with Crippen LogP contribution in [0.4, 0.5) is 8.78 Å². The van der Waals surface area contributed by atoms with Crippen LogP contribution in [0.3, 0.4) is 0 Å². The first-order valence-corrected chi connectivity index (χ1v) is 4.78. The maximum Gasteiger partial charge on any atom is 0.263 e. The van der Waals surface area contributed by atoms with E-state index in [2.05, 4.69) is 0 Å². The Morgan fingerprint density at radius 3 is 2.00 bits per heavy atom. The summed E-state index contributed by atoms with van der Waals surface area (Å²) in [5.41, 5.74) is 6.82. The molecule has 1 rings (SSSR count). The summed E-state index contributed by atoms with van der Waals surface area (Å²) < 4.78 is 24.4. The van der Waals surface area contributed by atoms with Gasteiger partial charge in [-0.2, -0.15) is 0 Å². The molecular formula is C11H16ClF2N. The molecule has 0 saturated heterocycles. The number of benzene rings is 1. The van der Waals surface area contributed by atoms with Crippen LogP contribution >= 0.6 is 12.4 Å². The number of halogens is 3. The summed E-state index contributed by atoms with van der Waals surface area (Å²) in [6.45, 7) is 2.05.